The van der Waals surface area contributed by atoms with E-state index in [1.54, 1.807) is 0 Å². The summed E-state index contributed by atoms with van der Waals surface area (Å²) in [5.74, 6) is 0. The molecule has 3 nitrogen and oxygen atoms in total. The molecule has 2 atom stereocenters. The van der Waals surface area contributed by atoms with Gasteiger partial charge in [-0.25, -0.2) is 0 Å². The lowest BCUT2D eigenvalue weighted by molar-refractivity contribution is -0.107. The van der Waals surface area contributed by atoms with Gasteiger partial charge in [0.15, 0.2) is 0 Å². The maximum atomic E-state index is 10.3. The van der Waals surface area contributed by atoms with Crippen LogP contribution in [0, 0.1) is 6.92 Å². The fourth-order valence-corrected chi connectivity index (χ4v) is 2.16. The molecule has 0 N–H and O–H groups in total. The van der Waals surface area contributed by atoms with Gasteiger partial charge in [-0.05, 0) is 37.0 Å². The van der Waals surface area contributed by atoms with Gasteiger partial charge in [0.2, 0.25) is 0 Å². The van der Waals surface area contributed by atoms with Crippen LogP contribution in [0.4, 0.5) is 0 Å². The van der Waals surface area contributed by atoms with E-state index in [2.05, 4.69) is 44.2 Å². The zero-order valence-corrected chi connectivity index (χ0v) is 12.2. The molecular weight excluding hydrogens is 252 g/mol. The molecule has 1 saturated heterocycles. The van der Waals surface area contributed by atoms with Crippen LogP contribution in [0.3, 0.4) is 0 Å². The minimum atomic E-state index is 0.0461. The van der Waals surface area contributed by atoms with Crippen LogP contribution < -0.4 is 0 Å². The van der Waals surface area contributed by atoms with Crippen LogP contribution in [-0.4, -0.2) is 25.6 Å². The van der Waals surface area contributed by atoms with Crippen LogP contribution in [0.2, 0.25) is 0 Å². The Kier molecular flexibility index (Phi) is 5.50. The molecule has 0 radical (unpaired) electrons. The molecule has 0 amide bonds. The van der Waals surface area contributed by atoms with E-state index in [0.717, 1.165) is 19.3 Å². The largest absolute Gasteiger partial charge is 0.371 e. The van der Waals surface area contributed by atoms with Crippen molar-refractivity contribution in [2.45, 2.75) is 38.9 Å². The van der Waals surface area contributed by atoms with E-state index < -0.39 is 0 Å². The summed E-state index contributed by atoms with van der Waals surface area (Å²) in [5, 5.41) is 0. The minimum absolute atomic E-state index is 0.0461. The smallest absolute Gasteiger partial charge is 0.120 e. The van der Waals surface area contributed by atoms with Crippen molar-refractivity contribution in [2.24, 2.45) is 0 Å². The Morgan fingerprint density at radius 3 is 2.95 bits per heavy atom. The number of carbonyl (C=O) groups excluding carboxylic acids is 1. The molecule has 1 aromatic rings. The molecule has 1 unspecified atom stereocenters. The summed E-state index contributed by atoms with van der Waals surface area (Å²) >= 11 is 0. The topological polar surface area (TPSA) is 38.8 Å². The highest BCUT2D eigenvalue weighted by Crippen LogP contribution is 2.26. The Hall–Kier alpha value is -1.45. The molecule has 2 rings (SSSR count). The van der Waals surface area contributed by atoms with Gasteiger partial charge in [0.25, 0.3) is 0 Å². The molecular formula is C17H22O3. The third-order valence-electron chi connectivity index (χ3n) is 3.47. The summed E-state index contributed by atoms with van der Waals surface area (Å²) < 4.78 is 11.0. The number of rotatable bonds is 8. The van der Waals surface area contributed by atoms with E-state index >= 15 is 0 Å². The van der Waals surface area contributed by atoms with Crippen molar-refractivity contribution >= 4 is 12.4 Å². The SMILES string of the molecule is Cc1cccc([C@@H](C)OCC2CO2)c1/C=C/CCC=O. The Bertz CT molecular complexity index is 475. The number of epoxide rings is 1. The van der Waals surface area contributed by atoms with Gasteiger partial charge in [0, 0.05) is 6.42 Å². The standard InChI is InChI=1S/C17H22O3/c1-13-7-6-9-17(14(2)19-11-15-12-20-15)16(13)8-4-3-5-10-18/h4,6-10,14-15H,3,5,11-12H2,1-2H3/b8-4+/t14-,15?/m1/s1. The lowest BCUT2D eigenvalue weighted by atomic mass is 9.97. The van der Waals surface area contributed by atoms with Crippen LogP contribution in [0.5, 0.6) is 0 Å². The quantitative estimate of drug-likeness (QED) is 0.414. The van der Waals surface area contributed by atoms with Gasteiger partial charge in [0.1, 0.15) is 12.4 Å². The van der Waals surface area contributed by atoms with E-state index in [0.29, 0.717) is 13.0 Å². The van der Waals surface area contributed by atoms with Gasteiger partial charge < -0.3 is 14.3 Å². The molecule has 1 heterocycles. The summed E-state index contributed by atoms with van der Waals surface area (Å²) in [6.07, 6.45) is 6.78. The molecule has 1 aliphatic rings. The predicted molar refractivity (Wildman–Crippen MR) is 79.6 cm³/mol. The van der Waals surface area contributed by atoms with E-state index in [1.165, 1.54) is 16.7 Å². The Balaban J connectivity index is 2.07. The maximum absolute atomic E-state index is 10.3. The molecule has 0 aliphatic carbocycles. The molecule has 1 aromatic carbocycles. The highest BCUT2D eigenvalue weighted by Gasteiger charge is 2.24. The van der Waals surface area contributed by atoms with Crippen molar-refractivity contribution in [3.05, 3.63) is 41.0 Å². The fraction of sp³-hybridized carbons (Fsp3) is 0.471. The molecule has 0 aromatic heterocycles. The number of hydrogen-bond acceptors (Lipinski definition) is 3. The fourth-order valence-electron chi connectivity index (χ4n) is 2.16. The molecule has 3 heteroatoms. The molecule has 1 aliphatic heterocycles. The zero-order chi connectivity index (χ0) is 14.4. The second-order valence-corrected chi connectivity index (χ2v) is 5.16. The number of unbranched alkanes of at least 4 members (excludes halogenated alkanes) is 1. The summed E-state index contributed by atoms with van der Waals surface area (Å²) in [6, 6.07) is 6.26. The molecule has 20 heavy (non-hydrogen) atoms. The molecule has 1 fully saturated rings. The molecule has 108 valence electrons. The third kappa shape index (κ3) is 4.29. The van der Waals surface area contributed by atoms with Gasteiger partial charge in [-0.3, -0.25) is 0 Å². The summed E-state index contributed by atoms with van der Waals surface area (Å²) in [5.41, 5.74) is 3.61. The second kappa shape index (κ2) is 7.36. The average molecular weight is 274 g/mol. The van der Waals surface area contributed by atoms with Crippen LogP contribution >= 0.6 is 0 Å². The maximum Gasteiger partial charge on any atom is 0.120 e. The van der Waals surface area contributed by atoms with Gasteiger partial charge in [0.05, 0.1) is 19.3 Å². The van der Waals surface area contributed by atoms with Gasteiger partial charge in [-0.2, -0.15) is 0 Å². The van der Waals surface area contributed by atoms with Gasteiger partial charge >= 0.3 is 0 Å². The van der Waals surface area contributed by atoms with Crippen LogP contribution in [0.25, 0.3) is 6.08 Å². The number of allylic oxidation sites excluding steroid dienone is 1. The van der Waals surface area contributed by atoms with Crippen molar-refractivity contribution in [1.82, 2.24) is 0 Å². The van der Waals surface area contributed by atoms with Crippen molar-refractivity contribution in [3.8, 4) is 0 Å². The number of ether oxygens (including phenoxy) is 2. The van der Waals surface area contributed by atoms with Crippen molar-refractivity contribution < 1.29 is 14.3 Å². The van der Waals surface area contributed by atoms with Crippen molar-refractivity contribution in [1.29, 1.82) is 0 Å². The average Bonchev–Trinajstić information content (AvgIpc) is 3.26. The molecule has 0 bridgehead atoms. The first-order valence-electron chi connectivity index (χ1n) is 7.15. The monoisotopic (exact) mass is 274 g/mol. The first-order chi connectivity index (χ1) is 9.72. The first-order valence-corrected chi connectivity index (χ1v) is 7.15. The normalized spacial score (nSPS) is 19.2. The van der Waals surface area contributed by atoms with Crippen molar-refractivity contribution in [3.63, 3.8) is 0 Å². The zero-order valence-electron chi connectivity index (χ0n) is 12.2. The third-order valence-corrected chi connectivity index (χ3v) is 3.47. The van der Waals surface area contributed by atoms with E-state index in [1.807, 2.05) is 0 Å². The lowest BCUT2D eigenvalue weighted by Crippen LogP contribution is -2.08. The summed E-state index contributed by atoms with van der Waals surface area (Å²) in [7, 11) is 0. The van der Waals surface area contributed by atoms with Gasteiger partial charge in [-0.1, -0.05) is 30.4 Å². The first kappa shape index (κ1) is 14.9. The highest BCUT2D eigenvalue weighted by atomic mass is 16.6. The number of carbonyl (C=O) groups is 1. The van der Waals surface area contributed by atoms with Crippen LogP contribution in [0.15, 0.2) is 24.3 Å². The summed E-state index contributed by atoms with van der Waals surface area (Å²) in [4.78, 5) is 10.3. The number of benzene rings is 1. The van der Waals surface area contributed by atoms with E-state index in [9.17, 15) is 4.79 Å². The van der Waals surface area contributed by atoms with E-state index in [-0.39, 0.29) is 12.2 Å². The van der Waals surface area contributed by atoms with E-state index in [4.69, 9.17) is 9.47 Å². The van der Waals surface area contributed by atoms with Gasteiger partial charge in [-0.15, -0.1) is 0 Å². The highest BCUT2D eigenvalue weighted by molar-refractivity contribution is 5.59. The van der Waals surface area contributed by atoms with Crippen LogP contribution in [-0.2, 0) is 14.3 Å². The summed E-state index contributed by atoms with van der Waals surface area (Å²) in [6.45, 7) is 5.64. The minimum Gasteiger partial charge on any atom is -0.371 e. The van der Waals surface area contributed by atoms with Crippen LogP contribution in [0.1, 0.15) is 42.6 Å². The van der Waals surface area contributed by atoms with Crippen molar-refractivity contribution in [2.75, 3.05) is 13.2 Å². The second-order valence-electron chi connectivity index (χ2n) is 5.16. The number of aryl methyl sites for hydroxylation is 1. The Morgan fingerprint density at radius 1 is 1.45 bits per heavy atom. The predicted octanol–water partition coefficient (Wildman–Crippen LogP) is 3.46. The molecule has 0 saturated carbocycles. The number of aldehydes is 1. The molecule has 0 spiro atoms. The number of hydrogen-bond donors (Lipinski definition) is 0. The Morgan fingerprint density at radius 2 is 2.25 bits per heavy atom. The lowest BCUT2D eigenvalue weighted by Gasteiger charge is -2.17. The Labute approximate surface area is 120 Å².